The van der Waals surface area contributed by atoms with Crippen LogP contribution in [0, 0.1) is 12.8 Å². The first kappa shape index (κ1) is 24.9. The molecule has 2 fully saturated rings. The lowest BCUT2D eigenvalue weighted by molar-refractivity contribution is 0.0919. The molecule has 0 spiro atoms. The molecule has 9 heteroatoms. The van der Waals surface area contributed by atoms with E-state index in [9.17, 15) is 4.79 Å². The van der Waals surface area contributed by atoms with Crippen LogP contribution in [0.1, 0.15) is 53.9 Å². The highest BCUT2D eigenvalue weighted by Crippen LogP contribution is 2.34. The number of ether oxygens (including phenoxy) is 1. The van der Waals surface area contributed by atoms with Gasteiger partial charge in [-0.25, -0.2) is 4.98 Å². The van der Waals surface area contributed by atoms with Crippen LogP contribution in [-0.2, 0) is 6.42 Å². The number of carbonyl (C=O) groups excluding carboxylic acids is 1. The number of nitrogens with one attached hydrogen (secondary N) is 1. The molecule has 3 aromatic rings. The molecule has 4 heterocycles. The second-order valence-electron chi connectivity index (χ2n) is 10.7. The number of fused-ring (bicyclic) bond motifs is 1. The molecule has 1 N–H and O–H groups in total. The zero-order valence-electron chi connectivity index (χ0n) is 22.1. The predicted octanol–water partition coefficient (Wildman–Crippen LogP) is 3.88. The molecule has 2 aliphatic heterocycles. The number of carbonyl (C=O) groups is 1. The van der Waals surface area contributed by atoms with Crippen LogP contribution in [-0.4, -0.2) is 71.3 Å². The average molecular weight is 517 g/mol. The van der Waals surface area contributed by atoms with Crippen LogP contribution >= 0.6 is 0 Å². The summed E-state index contributed by atoms with van der Waals surface area (Å²) in [5, 5.41) is 7.21. The Hall–Kier alpha value is -3.46. The fraction of sp³-hybridized carbons (Fsp3) is 0.517. The first-order valence-corrected chi connectivity index (χ1v) is 13.9. The van der Waals surface area contributed by atoms with Gasteiger partial charge in [-0.3, -0.25) is 9.69 Å². The fourth-order valence-electron chi connectivity index (χ4n) is 5.95. The number of nitrogens with zero attached hydrogens (tertiary/aromatic N) is 5. The largest absolute Gasteiger partial charge is 0.489 e. The molecule has 1 amide bonds. The van der Waals surface area contributed by atoms with Crippen LogP contribution in [0.5, 0.6) is 5.75 Å². The Kier molecular flexibility index (Phi) is 7.27. The van der Waals surface area contributed by atoms with E-state index in [1.54, 1.807) is 6.92 Å². The van der Waals surface area contributed by atoms with Crippen LogP contribution in [0.25, 0.3) is 11.4 Å². The Balaban J connectivity index is 0.927. The summed E-state index contributed by atoms with van der Waals surface area (Å²) in [6, 6.07) is 9.75. The van der Waals surface area contributed by atoms with Crippen LogP contribution < -0.4 is 15.0 Å². The van der Waals surface area contributed by atoms with E-state index in [2.05, 4.69) is 36.3 Å². The molecule has 6 rings (SSSR count). The van der Waals surface area contributed by atoms with Gasteiger partial charge in [0.25, 0.3) is 5.91 Å². The molecule has 2 aromatic heterocycles. The van der Waals surface area contributed by atoms with Crippen molar-refractivity contribution in [1.29, 1.82) is 0 Å². The maximum Gasteiger partial charge on any atom is 0.251 e. The number of aromatic nitrogens is 3. The molecule has 0 radical (unpaired) electrons. The third-order valence-electron chi connectivity index (χ3n) is 8.20. The zero-order chi connectivity index (χ0) is 25.9. The Morgan fingerprint density at radius 3 is 2.74 bits per heavy atom. The summed E-state index contributed by atoms with van der Waals surface area (Å²) < 4.78 is 10.9. The van der Waals surface area contributed by atoms with E-state index in [1.165, 1.54) is 24.8 Å². The standard InChI is InChI=1S/C29H36N6O3/c1-20-31-27(33-38-20)23-3-2-4-24(19-23)29(36)32-25-7-5-21(6-8-25)10-13-34-14-16-35(17-15-34)28-26-22(9-12-30-28)11-18-37-26/h2-4,9,12,19,21,25H,5-8,10-11,13-18H2,1H3,(H,32,36)/t21-,25-. The molecular weight excluding hydrogens is 480 g/mol. The van der Waals surface area contributed by atoms with Crippen molar-refractivity contribution >= 4 is 11.7 Å². The van der Waals surface area contributed by atoms with Gasteiger partial charge in [0.2, 0.25) is 11.7 Å². The highest BCUT2D eigenvalue weighted by Gasteiger charge is 2.27. The van der Waals surface area contributed by atoms with E-state index in [1.807, 2.05) is 30.5 Å². The Labute approximate surface area is 223 Å². The summed E-state index contributed by atoms with van der Waals surface area (Å²) in [6.45, 7) is 7.81. The van der Waals surface area contributed by atoms with Crippen molar-refractivity contribution in [1.82, 2.24) is 25.3 Å². The topological polar surface area (TPSA) is 96.6 Å². The Bertz CT molecular complexity index is 1260. The summed E-state index contributed by atoms with van der Waals surface area (Å²) >= 11 is 0. The lowest BCUT2D eigenvalue weighted by atomic mass is 9.84. The van der Waals surface area contributed by atoms with E-state index in [0.717, 1.165) is 81.6 Å². The number of benzene rings is 1. The van der Waals surface area contributed by atoms with E-state index in [0.29, 0.717) is 17.3 Å². The van der Waals surface area contributed by atoms with Crippen LogP contribution in [0.3, 0.4) is 0 Å². The summed E-state index contributed by atoms with van der Waals surface area (Å²) in [6.07, 6.45) is 8.56. The molecule has 0 unspecified atom stereocenters. The minimum absolute atomic E-state index is 0.0302. The molecular formula is C29H36N6O3. The van der Waals surface area contributed by atoms with Crippen LogP contribution in [0.15, 0.2) is 41.1 Å². The lowest BCUT2D eigenvalue weighted by Crippen LogP contribution is -2.47. The van der Waals surface area contributed by atoms with E-state index in [-0.39, 0.29) is 11.9 Å². The maximum absolute atomic E-state index is 12.9. The third kappa shape index (κ3) is 5.53. The Morgan fingerprint density at radius 2 is 1.95 bits per heavy atom. The molecule has 1 saturated heterocycles. The zero-order valence-corrected chi connectivity index (χ0v) is 22.1. The SMILES string of the molecule is Cc1nc(-c2cccc(C(=O)N[C@H]3CC[C@H](CCN4CCN(c5nccc6c5OCC6)CC4)CC3)c2)no1. The van der Waals surface area contributed by atoms with Crippen molar-refractivity contribution in [3.63, 3.8) is 0 Å². The van der Waals surface area contributed by atoms with Crippen molar-refractivity contribution in [3.8, 4) is 17.1 Å². The average Bonchev–Trinajstić information content (AvgIpc) is 3.62. The number of pyridine rings is 1. The van der Waals surface area contributed by atoms with Gasteiger partial charge in [-0.15, -0.1) is 0 Å². The van der Waals surface area contributed by atoms with Gasteiger partial charge in [-0.05, 0) is 62.8 Å². The molecule has 1 aliphatic carbocycles. The smallest absolute Gasteiger partial charge is 0.251 e. The van der Waals surface area contributed by atoms with E-state index >= 15 is 0 Å². The lowest BCUT2D eigenvalue weighted by Gasteiger charge is -2.37. The van der Waals surface area contributed by atoms with Gasteiger partial charge in [0.05, 0.1) is 6.61 Å². The number of rotatable bonds is 7. The van der Waals surface area contributed by atoms with Crippen LogP contribution in [0.4, 0.5) is 5.82 Å². The van der Waals surface area contributed by atoms with E-state index < -0.39 is 0 Å². The first-order chi connectivity index (χ1) is 18.6. The summed E-state index contributed by atoms with van der Waals surface area (Å²) in [5.74, 6) is 3.75. The van der Waals surface area contributed by atoms with Gasteiger partial charge in [0.1, 0.15) is 0 Å². The van der Waals surface area contributed by atoms with E-state index in [4.69, 9.17) is 9.26 Å². The summed E-state index contributed by atoms with van der Waals surface area (Å²) in [4.78, 5) is 26.8. The third-order valence-corrected chi connectivity index (χ3v) is 8.20. The molecule has 38 heavy (non-hydrogen) atoms. The van der Waals surface area contributed by atoms with Gasteiger partial charge in [-0.1, -0.05) is 17.3 Å². The highest BCUT2D eigenvalue weighted by atomic mass is 16.5. The number of anilines is 1. The van der Waals surface area contributed by atoms with Gasteiger partial charge >= 0.3 is 0 Å². The van der Waals surface area contributed by atoms with Crippen molar-refractivity contribution in [3.05, 3.63) is 53.5 Å². The second kappa shape index (κ2) is 11.1. The Morgan fingerprint density at radius 1 is 1.11 bits per heavy atom. The highest BCUT2D eigenvalue weighted by molar-refractivity contribution is 5.95. The molecule has 9 nitrogen and oxygen atoms in total. The number of piperazine rings is 1. The number of hydrogen-bond acceptors (Lipinski definition) is 8. The van der Waals surface area contributed by atoms with Gasteiger partial charge in [0.15, 0.2) is 11.6 Å². The minimum atomic E-state index is -0.0302. The van der Waals surface area contributed by atoms with Gasteiger partial charge in [-0.2, -0.15) is 4.98 Å². The summed E-state index contributed by atoms with van der Waals surface area (Å²) in [5.41, 5.74) is 2.71. The van der Waals surface area contributed by atoms with Gasteiger partial charge < -0.3 is 19.5 Å². The minimum Gasteiger partial charge on any atom is -0.489 e. The predicted molar refractivity (Wildman–Crippen MR) is 144 cm³/mol. The van der Waals surface area contributed by atoms with Crippen molar-refractivity contribution < 1.29 is 14.1 Å². The second-order valence-corrected chi connectivity index (χ2v) is 10.7. The number of hydrogen-bond donors (Lipinski definition) is 1. The molecule has 200 valence electrons. The monoisotopic (exact) mass is 516 g/mol. The number of amides is 1. The van der Waals surface area contributed by atoms with Crippen LogP contribution in [0.2, 0.25) is 0 Å². The molecule has 0 bridgehead atoms. The number of aryl methyl sites for hydroxylation is 1. The normalized spacial score (nSPS) is 21.7. The van der Waals surface area contributed by atoms with Crippen molar-refractivity contribution in [2.75, 3.05) is 44.2 Å². The fourth-order valence-corrected chi connectivity index (χ4v) is 5.95. The van der Waals surface area contributed by atoms with Crippen molar-refractivity contribution in [2.24, 2.45) is 5.92 Å². The summed E-state index contributed by atoms with van der Waals surface area (Å²) in [7, 11) is 0. The maximum atomic E-state index is 12.9. The quantitative estimate of drug-likeness (QED) is 0.506. The van der Waals surface area contributed by atoms with Crippen molar-refractivity contribution in [2.45, 2.75) is 51.5 Å². The first-order valence-electron chi connectivity index (χ1n) is 13.9. The molecule has 1 saturated carbocycles. The van der Waals surface area contributed by atoms with Gasteiger partial charge in [0, 0.05) is 68.5 Å². The molecule has 1 aromatic carbocycles. The molecule has 3 aliphatic rings. The molecule has 0 atom stereocenters.